The first-order valence-corrected chi connectivity index (χ1v) is 9.26. The summed E-state index contributed by atoms with van der Waals surface area (Å²) < 4.78 is 21.4. The van der Waals surface area contributed by atoms with E-state index < -0.39 is 0 Å². The maximum Gasteiger partial charge on any atom is 0.255 e. The number of nitrogens with one attached hydrogen (secondary N) is 1. The van der Waals surface area contributed by atoms with E-state index in [-0.39, 0.29) is 18.3 Å². The Morgan fingerprint density at radius 2 is 1.76 bits per heavy atom. The summed E-state index contributed by atoms with van der Waals surface area (Å²) in [5.41, 5.74) is 2.70. The van der Waals surface area contributed by atoms with Gasteiger partial charge in [0, 0.05) is 5.56 Å². The Hall–Kier alpha value is -3.67. The molecule has 0 saturated heterocycles. The van der Waals surface area contributed by atoms with Crippen molar-refractivity contribution in [3.05, 3.63) is 95.6 Å². The second kappa shape index (κ2) is 8.14. The number of imidazole rings is 1. The van der Waals surface area contributed by atoms with Gasteiger partial charge in [-0.05, 0) is 30.3 Å². The van der Waals surface area contributed by atoms with Gasteiger partial charge >= 0.3 is 0 Å². The lowest BCUT2D eigenvalue weighted by molar-refractivity contribution is 0.0946. The fraction of sp³-hybridized carbons (Fsp3) is 0.130. The van der Waals surface area contributed by atoms with Crippen molar-refractivity contribution in [3.8, 4) is 5.75 Å². The van der Waals surface area contributed by atoms with Gasteiger partial charge in [0.15, 0.2) is 0 Å². The van der Waals surface area contributed by atoms with E-state index >= 15 is 0 Å². The lowest BCUT2D eigenvalue weighted by Crippen LogP contribution is -2.25. The third kappa shape index (κ3) is 3.82. The van der Waals surface area contributed by atoms with Crippen molar-refractivity contribution >= 4 is 16.9 Å². The zero-order valence-corrected chi connectivity index (χ0v) is 15.9. The Morgan fingerprint density at radius 3 is 2.59 bits per heavy atom. The van der Waals surface area contributed by atoms with Crippen LogP contribution < -0.4 is 10.1 Å². The molecule has 0 saturated carbocycles. The average molecular weight is 389 g/mol. The number of hydrogen-bond acceptors (Lipinski definition) is 3. The third-order valence-corrected chi connectivity index (χ3v) is 4.78. The van der Waals surface area contributed by atoms with E-state index in [0.717, 1.165) is 11.0 Å². The lowest BCUT2D eigenvalue weighted by atomic mass is 10.2. The molecule has 0 aliphatic rings. The van der Waals surface area contributed by atoms with Crippen LogP contribution in [0.4, 0.5) is 4.39 Å². The van der Waals surface area contributed by atoms with Crippen molar-refractivity contribution in [2.75, 3.05) is 7.11 Å². The number of halogens is 1. The van der Waals surface area contributed by atoms with Gasteiger partial charge in [0.25, 0.3) is 5.91 Å². The maximum absolute atomic E-state index is 14.2. The van der Waals surface area contributed by atoms with Crippen LogP contribution in [0.5, 0.6) is 5.75 Å². The van der Waals surface area contributed by atoms with Gasteiger partial charge in [-0.2, -0.15) is 0 Å². The van der Waals surface area contributed by atoms with E-state index in [4.69, 9.17) is 4.74 Å². The van der Waals surface area contributed by atoms with Crippen LogP contribution in [0.15, 0.2) is 72.8 Å². The molecule has 1 amide bonds. The molecular formula is C23H20FN3O2. The molecule has 0 aliphatic heterocycles. The number of rotatable bonds is 6. The van der Waals surface area contributed by atoms with Crippen molar-refractivity contribution < 1.29 is 13.9 Å². The number of fused-ring (bicyclic) bond motifs is 1. The van der Waals surface area contributed by atoms with E-state index in [1.807, 2.05) is 34.9 Å². The number of carbonyl (C=O) groups excluding carboxylic acids is 1. The van der Waals surface area contributed by atoms with Crippen LogP contribution in [0.25, 0.3) is 11.0 Å². The molecule has 0 atom stereocenters. The predicted molar refractivity (Wildman–Crippen MR) is 109 cm³/mol. The molecule has 0 spiro atoms. The monoisotopic (exact) mass is 389 g/mol. The molecule has 1 heterocycles. The standard InChI is InChI=1S/C23H20FN3O2/c1-29-21-13-7-3-9-17(21)23(28)25-14-22-26-19-11-5-6-12-20(19)27(22)15-16-8-2-4-10-18(16)24/h2-13H,14-15H2,1H3,(H,25,28). The van der Waals surface area contributed by atoms with Crippen molar-refractivity contribution in [3.63, 3.8) is 0 Å². The molecule has 0 aliphatic carbocycles. The Kier molecular flexibility index (Phi) is 5.24. The van der Waals surface area contributed by atoms with Crippen LogP contribution in [0.3, 0.4) is 0 Å². The van der Waals surface area contributed by atoms with E-state index in [0.29, 0.717) is 29.2 Å². The second-order valence-electron chi connectivity index (χ2n) is 6.58. The largest absolute Gasteiger partial charge is 0.496 e. The molecular weight excluding hydrogens is 369 g/mol. The highest BCUT2D eigenvalue weighted by Crippen LogP contribution is 2.20. The normalized spacial score (nSPS) is 10.8. The summed E-state index contributed by atoms with van der Waals surface area (Å²) in [4.78, 5) is 17.3. The summed E-state index contributed by atoms with van der Waals surface area (Å²) >= 11 is 0. The quantitative estimate of drug-likeness (QED) is 0.539. The minimum absolute atomic E-state index is 0.208. The molecule has 29 heavy (non-hydrogen) atoms. The lowest BCUT2D eigenvalue weighted by Gasteiger charge is -2.12. The van der Waals surface area contributed by atoms with Gasteiger partial charge in [-0.15, -0.1) is 0 Å². The number of para-hydroxylation sites is 3. The number of ether oxygens (including phenoxy) is 1. The van der Waals surface area contributed by atoms with Crippen LogP contribution in [0.2, 0.25) is 0 Å². The number of methoxy groups -OCH3 is 1. The number of amides is 1. The molecule has 146 valence electrons. The Balaban J connectivity index is 1.63. The van der Waals surface area contributed by atoms with Crippen molar-refractivity contribution in [2.45, 2.75) is 13.1 Å². The second-order valence-corrected chi connectivity index (χ2v) is 6.58. The zero-order valence-electron chi connectivity index (χ0n) is 15.9. The smallest absolute Gasteiger partial charge is 0.255 e. The summed E-state index contributed by atoms with van der Waals surface area (Å²) in [5, 5.41) is 2.90. The Labute approximate surface area is 167 Å². The zero-order chi connectivity index (χ0) is 20.2. The average Bonchev–Trinajstić information content (AvgIpc) is 3.11. The molecule has 0 unspecified atom stereocenters. The van der Waals surface area contributed by atoms with Crippen molar-refractivity contribution in [1.82, 2.24) is 14.9 Å². The summed E-state index contributed by atoms with van der Waals surface area (Å²) in [6, 6.07) is 21.4. The number of benzene rings is 3. The fourth-order valence-corrected chi connectivity index (χ4v) is 3.32. The molecule has 0 fully saturated rings. The van der Waals surface area contributed by atoms with Crippen LogP contribution in [0, 0.1) is 5.82 Å². The molecule has 1 N–H and O–H groups in total. The van der Waals surface area contributed by atoms with Gasteiger partial charge < -0.3 is 14.6 Å². The van der Waals surface area contributed by atoms with Crippen LogP contribution in [0.1, 0.15) is 21.7 Å². The molecule has 4 rings (SSSR count). The summed E-state index contributed by atoms with van der Waals surface area (Å²) in [6.45, 7) is 0.535. The minimum atomic E-state index is -0.269. The molecule has 0 radical (unpaired) electrons. The Morgan fingerprint density at radius 1 is 1.03 bits per heavy atom. The first-order chi connectivity index (χ1) is 14.2. The first-order valence-electron chi connectivity index (χ1n) is 9.26. The highest BCUT2D eigenvalue weighted by Gasteiger charge is 2.15. The van der Waals surface area contributed by atoms with Gasteiger partial charge in [0.1, 0.15) is 17.4 Å². The molecule has 3 aromatic carbocycles. The molecule has 1 aromatic heterocycles. The topological polar surface area (TPSA) is 56.1 Å². The summed E-state index contributed by atoms with van der Waals surface area (Å²) in [6.07, 6.45) is 0. The fourth-order valence-electron chi connectivity index (χ4n) is 3.32. The number of nitrogens with zero attached hydrogens (tertiary/aromatic N) is 2. The van der Waals surface area contributed by atoms with Crippen LogP contribution in [-0.4, -0.2) is 22.6 Å². The highest BCUT2D eigenvalue weighted by atomic mass is 19.1. The van der Waals surface area contributed by atoms with E-state index in [1.54, 1.807) is 36.4 Å². The van der Waals surface area contributed by atoms with Gasteiger partial charge in [0.05, 0.1) is 36.8 Å². The first kappa shape index (κ1) is 18.7. The highest BCUT2D eigenvalue weighted by molar-refractivity contribution is 5.96. The van der Waals surface area contributed by atoms with Gasteiger partial charge in [-0.1, -0.05) is 42.5 Å². The maximum atomic E-state index is 14.2. The van der Waals surface area contributed by atoms with E-state index in [1.165, 1.54) is 13.2 Å². The third-order valence-electron chi connectivity index (χ3n) is 4.78. The summed E-state index contributed by atoms with van der Waals surface area (Å²) in [5.74, 6) is 0.629. The van der Waals surface area contributed by atoms with E-state index in [9.17, 15) is 9.18 Å². The van der Waals surface area contributed by atoms with Crippen LogP contribution >= 0.6 is 0 Å². The van der Waals surface area contributed by atoms with Gasteiger partial charge in [-0.3, -0.25) is 4.79 Å². The van der Waals surface area contributed by atoms with Crippen molar-refractivity contribution in [1.29, 1.82) is 0 Å². The minimum Gasteiger partial charge on any atom is -0.496 e. The predicted octanol–water partition coefficient (Wildman–Crippen LogP) is 4.16. The SMILES string of the molecule is COc1ccccc1C(=O)NCc1nc2ccccc2n1Cc1ccccc1F. The van der Waals surface area contributed by atoms with Gasteiger partial charge in [-0.25, -0.2) is 9.37 Å². The van der Waals surface area contributed by atoms with E-state index in [2.05, 4.69) is 10.3 Å². The molecule has 5 nitrogen and oxygen atoms in total. The van der Waals surface area contributed by atoms with Crippen molar-refractivity contribution in [2.24, 2.45) is 0 Å². The van der Waals surface area contributed by atoms with Gasteiger partial charge in [0.2, 0.25) is 0 Å². The van der Waals surface area contributed by atoms with Crippen LogP contribution in [-0.2, 0) is 13.1 Å². The molecule has 6 heteroatoms. The number of carbonyl (C=O) groups is 1. The summed E-state index contributed by atoms with van der Waals surface area (Å²) in [7, 11) is 1.53. The molecule has 4 aromatic rings. The molecule has 0 bridgehead atoms. The number of hydrogen-bond donors (Lipinski definition) is 1. The number of aromatic nitrogens is 2. The Bertz CT molecular complexity index is 1170.